The zero-order valence-corrected chi connectivity index (χ0v) is 15.0. The van der Waals surface area contributed by atoms with Crippen LogP contribution >= 0.6 is 0 Å². The number of benzene rings is 1. The molecule has 2 aliphatic rings. The van der Waals surface area contributed by atoms with Crippen LogP contribution in [0.3, 0.4) is 0 Å². The molecule has 6 heteroatoms. The van der Waals surface area contributed by atoms with Crippen molar-refractivity contribution in [2.45, 2.75) is 56.7 Å². The van der Waals surface area contributed by atoms with Gasteiger partial charge in [-0.25, -0.2) is 0 Å². The Morgan fingerprint density at radius 2 is 1.88 bits per heavy atom. The van der Waals surface area contributed by atoms with Crippen molar-refractivity contribution in [3.8, 4) is 0 Å². The molecular formula is C20H26N4O2. The lowest BCUT2D eigenvalue weighted by Gasteiger charge is -2.52. The number of carbonyl (C=O) groups is 1. The fourth-order valence-electron chi connectivity index (χ4n) is 4.78. The van der Waals surface area contributed by atoms with Gasteiger partial charge in [0.25, 0.3) is 0 Å². The van der Waals surface area contributed by atoms with Crippen LogP contribution in [0.15, 0.2) is 43.0 Å². The second-order valence-corrected chi connectivity index (χ2v) is 7.54. The van der Waals surface area contributed by atoms with Crippen molar-refractivity contribution < 1.29 is 9.90 Å². The molecule has 0 unspecified atom stereocenters. The van der Waals surface area contributed by atoms with Crippen LogP contribution in [-0.4, -0.2) is 43.3 Å². The first kappa shape index (κ1) is 17.2. The summed E-state index contributed by atoms with van der Waals surface area (Å²) >= 11 is 0. The normalized spacial score (nSPS) is 28.6. The van der Waals surface area contributed by atoms with Crippen molar-refractivity contribution >= 4 is 5.91 Å². The summed E-state index contributed by atoms with van der Waals surface area (Å²) in [6.07, 6.45) is 8.55. The molecular weight excluding hydrogens is 328 g/mol. The lowest BCUT2D eigenvalue weighted by atomic mass is 9.66. The second-order valence-electron chi connectivity index (χ2n) is 7.54. The van der Waals surface area contributed by atoms with Crippen LogP contribution in [-0.2, 0) is 16.9 Å². The van der Waals surface area contributed by atoms with Crippen LogP contribution in [0.4, 0.5) is 0 Å². The summed E-state index contributed by atoms with van der Waals surface area (Å²) in [5.41, 5.74) is 0.172. The van der Waals surface area contributed by atoms with Crippen LogP contribution in [0.5, 0.6) is 0 Å². The zero-order valence-electron chi connectivity index (χ0n) is 15.0. The van der Waals surface area contributed by atoms with Crippen LogP contribution in [0, 0.1) is 5.92 Å². The molecule has 2 fully saturated rings. The number of aryl methyl sites for hydroxylation is 1. The molecule has 1 aliphatic heterocycles. The largest absolute Gasteiger partial charge is 0.385 e. The van der Waals surface area contributed by atoms with E-state index in [2.05, 4.69) is 10.2 Å². The van der Waals surface area contributed by atoms with Crippen LogP contribution in [0.25, 0.3) is 0 Å². The van der Waals surface area contributed by atoms with Gasteiger partial charge in [-0.2, -0.15) is 0 Å². The lowest BCUT2D eigenvalue weighted by Crippen LogP contribution is -2.59. The Bertz CT molecular complexity index is 734. The van der Waals surface area contributed by atoms with Crippen molar-refractivity contribution in [1.29, 1.82) is 0 Å². The van der Waals surface area contributed by atoms with Gasteiger partial charge in [-0.1, -0.05) is 43.2 Å². The molecule has 1 saturated carbocycles. The van der Waals surface area contributed by atoms with Gasteiger partial charge in [0.1, 0.15) is 12.7 Å². The Morgan fingerprint density at radius 1 is 1.15 bits per heavy atom. The number of aromatic nitrogens is 3. The number of rotatable bonds is 4. The minimum absolute atomic E-state index is 0.117. The maximum atomic E-state index is 12.9. The Labute approximate surface area is 153 Å². The maximum absolute atomic E-state index is 12.9. The third-order valence-electron chi connectivity index (χ3n) is 6.12. The molecule has 1 aliphatic carbocycles. The molecule has 0 radical (unpaired) electrons. The van der Waals surface area contributed by atoms with Crippen molar-refractivity contribution in [3.05, 3.63) is 48.5 Å². The molecule has 26 heavy (non-hydrogen) atoms. The van der Waals surface area contributed by atoms with E-state index >= 15 is 0 Å². The summed E-state index contributed by atoms with van der Waals surface area (Å²) in [5.74, 6) is 0.289. The number of amides is 1. The minimum Gasteiger partial charge on any atom is -0.385 e. The molecule has 1 aromatic heterocycles. The van der Waals surface area contributed by atoms with Gasteiger partial charge in [0.15, 0.2) is 0 Å². The Hall–Kier alpha value is -2.21. The molecule has 1 amide bonds. The summed E-state index contributed by atoms with van der Waals surface area (Å²) in [4.78, 5) is 14.9. The van der Waals surface area contributed by atoms with Gasteiger partial charge in [0.2, 0.25) is 5.91 Å². The van der Waals surface area contributed by atoms with Gasteiger partial charge in [-0.05, 0) is 24.8 Å². The summed E-state index contributed by atoms with van der Waals surface area (Å²) in [6.45, 7) is 1.22. The first-order valence-electron chi connectivity index (χ1n) is 9.58. The third-order valence-corrected chi connectivity index (χ3v) is 6.12. The average Bonchev–Trinajstić information content (AvgIpc) is 3.21. The number of likely N-dealkylation sites (tertiary alicyclic amines) is 1. The number of fused-ring (bicyclic) bond motifs is 1. The summed E-state index contributed by atoms with van der Waals surface area (Å²) in [5, 5.41) is 19.1. The summed E-state index contributed by atoms with van der Waals surface area (Å²) < 4.78 is 1.83. The van der Waals surface area contributed by atoms with Crippen molar-refractivity contribution in [1.82, 2.24) is 19.7 Å². The minimum atomic E-state index is -0.822. The Balaban J connectivity index is 1.52. The predicted molar refractivity (Wildman–Crippen MR) is 97.1 cm³/mol. The van der Waals surface area contributed by atoms with Gasteiger partial charge < -0.3 is 14.6 Å². The Kier molecular flexibility index (Phi) is 4.76. The number of aliphatic hydroxyl groups is 1. The highest BCUT2D eigenvalue weighted by Crippen LogP contribution is 2.47. The number of hydrogen-bond acceptors (Lipinski definition) is 4. The fraction of sp³-hybridized carbons (Fsp3) is 0.550. The molecule has 0 spiro atoms. The molecule has 1 saturated heterocycles. The summed E-state index contributed by atoms with van der Waals surface area (Å²) in [6, 6.07) is 10.1. The molecule has 138 valence electrons. The number of piperidine rings is 1. The molecule has 2 aromatic rings. The van der Waals surface area contributed by atoms with E-state index in [4.69, 9.17) is 0 Å². The van der Waals surface area contributed by atoms with Gasteiger partial charge in [-0.15, -0.1) is 10.2 Å². The van der Waals surface area contributed by atoms with Crippen LogP contribution in [0.2, 0.25) is 0 Å². The van der Waals surface area contributed by atoms with E-state index in [-0.39, 0.29) is 17.9 Å². The molecule has 6 nitrogen and oxygen atoms in total. The Morgan fingerprint density at radius 3 is 2.65 bits per heavy atom. The maximum Gasteiger partial charge on any atom is 0.224 e. The highest BCUT2D eigenvalue weighted by molar-refractivity contribution is 5.76. The molecule has 0 bridgehead atoms. The van der Waals surface area contributed by atoms with E-state index in [0.717, 1.165) is 31.2 Å². The van der Waals surface area contributed by atoms with E-state index in [1.165, 1.54) is 0 Å². The van der Waals surface area contributed by atoms with E-state index in [0.29, 0.717) is 25.9 Å². The third kappa shape index (κ3) is 3.14. The van der Waals surface area contributed by atoms with Crippen molar-refractivity contribution in [3.63, 3.8) is 0 Å². The van der Waals surface area contributed by atoms with E-state index in [9.17, 15) is 9.90 Å². The van der Waals surface area contributed by atoms with Crippen molar-refractivity contribution in [2.75, 3.05) is 6.54 Å². The van der Waals surface area contributed by atoms with Crippen molar-refractivity contribution in [2.24, 2.45) is 5.92 Å². The zero-order chi connectivity index (χ0) is 18.0. The molecule has 2 heterocycles. The fourth-order valence-corrected chi connectivity index (χ4v) is 4.78. The highest BCUT2D eigenvalue weighted by Gasteiger charge is 2.50. The van der Waals surface area contributed by atoms with Crippen LogP contribution < -0.4 is 0 Å². The second kappa shape index (κ2) is 7.19. The molecule has 1 aromatic carbocycles. The first-order chi connectivity index (χ1) is 12.7. The molecule has 1 N–H and O–H groups in total. The summed E-state index contributed by atoms with van der Waals surface area (Å²) in [7, 11) is 0. The smallest absolute Gasteiger partial charge is 0.224 e. The lowest BCUT2D eigenvalue weighted by molar-refractivity contribution is -0.155. The van der Waals surface area contributed by atoms with Gasteiger partial charge >= 0.3 is 0 Å². The van der Waals surface area contributed by atoms with Gasteiger partial charge in [0.05, 0.1) is 5.60 Å². The molecule has 4 rings (SSSR count). The topological polar surface area (TPSA) is 71.2 Å². The molecule has 3 atom stereocenters. The first-order valence-corrected chi connectivity index (χ1v) is 9.58. The predicted octanol–water partition coefficient (Wildman–Crippen LogP) is 2.35. The highest BCUT2D eigenvalue weighted by atomic mass is 16.3. The average molecular weight is 354 g/mol. The SMILES string of the molecule is O=C(CCn1cnnc1)N1CC[C@@](O)(c2ccccc2)[C@H]2CCCC[C@@H]21. The standard InChI is InChI=1S/C20H26N4O2/c25-19(10-12-23-14-21-22-15-23)24-13-11-20(26,16-6-2-1-3-7-16)17-8-4-5-9-18(17)24/h1-3,6-7,14-15,17-18,26H,4-5,8-13H2/t17-,18-,20+/m0/s1. The monoisotopic (exact) mass is 354 g/mol. The quantitative estimate of drug-likeness (QED) is 0.915. The number of carbonyl (C=O) groups excluding carboxylic acids is 1. The van der Waals surface area contributed by atoms with E-state index in [1.54, 1.807) is 12.7 Å². The van der Waals surface area contributed by atoms with E-state index < -0.39 is 5.60 Å². The van der Waals surface area contributed by atoms with E-state index in [1.807, 2.05) is 39.8 Å². The number of nitrogens with zero attached hydrogens (tertiary/aromatic N) is 4. The number of hydrogen-bond donors (Lipinski definition) is 1. The van der Waals surface area contributed by atoms with Gasteiger partial charge in [-0.3, -0.25) is 4.79 Å². The van der Waals surface area contributed by atoms with Crippen LogP contribution in [0.1, 0.15) is 44.1 Å². The van der Waals surface area contributed by atoms with Gasteiger partial charge in [0, 0.05) is 31.5 Å².